The van der Waals surface area contributed by atoms with E-state index in [2.05, 4.69) is 15.9 Å². The van der Waals surface area contributed by atoms with Gasteiger partial charge in [0.1, 0.15) is 17.7 Å². The fourth-order valence-electron chi connectivity index (χ4n) is 2.66. The third-order valence-corrected chi connectivity index (χ3v) is 4.15. The molecule has 0 fully saturated rings. The van der Waals surface area contributed by atoms with Gasteiger partial charge >= 0.3 is 5.97 Å². The molecule has 5 nitrogen and oxygen atoms in total. The van der Waals surface area contributed by atoms with Gasteiger partial charge in [0.15, 0.2) is 11.2 Å². The lowest BCUT2D eigenvalue weighted by Gasteiger charge is -2.28. The van der Waals surface area contributed by atoms with Gasteiger partial charge in [0.05, 0.1) is 7.11 Å². The van der Waals surface area contributed by atoms with Crippen molar-refractivity contribution in [1.82, 2.24) is 0 Å². The third kappa shape index (κ3) is 2.69. The van der Waals surface area contributed by atoms with Gasteiger partial charge < -0.3 is 4.74 Å². The summed E-state index contributed by atoms with van der Waals surface area (Å²) in [5.41, 5.74) is -1.47. The summed E-state index contributed by atoms with van der Waals surface area (Å²) in [6.45, 7) is 0. The third-order valence-electron chi connectivity index (χ3n) is 3.66. The fraction of sp³-hybridized carbons (Fsp3) is 0.176. The summed E-state index contributed by atoms with van der Waals surface area (Å²) >= 11 is 3.31. The maximum atomic E-state index is 12.5. The molecule has 114 valence electrons. The number of ether oxygens (including phenoxy) is 1. The molecule has 1 atom stereocenters. The highest BCUT2D eigenvalue weighted by molar-refractivity contribution is 9.10. The molecule has 0 radical (unpaired) electrons. The predicted octanol–water partition coefficient (Wildman–Crippen LogP) is 2.94. The predicted molar refractivity (Wildman–Crippen MR) is 85.5 cm³/mol. The molecule has 0 spiro atoms. The standard InChI is InChI=1S/C17H11BrN2O3/c1-23-16(22)17(7-3-6-14(17)21)15(12(9-19)10-20)11-4-2-5-13(18)8-11/h2-6,8H,7H2,1H3. The number of carbonyl (C=O) groups is 2. The minimum atomic E-state index is -1.70. The number of hydrogen-bond donors (Lipinski definition) is 0. The first-order valence-corrected chi connectivity index (χ1v) is 7.40. The highest BCUT2D eigenvalue weighted by Gasteiger charge is 2.52. The van der Waals surface area contributed by atoms with Crippen LogP contribution in [0.3, 0.4) is 0 Å². The summed E-state index contributed by atoms with van der Waals surface area (Å²) in [4.78, 5) is 24.9. The Morgan fingerprint density at radius 2 is 2.04 bits per heavy atom. The van der Waals surface area contributed by atoms with Crippen molar-refractivity contribution in [3.05, 3.63) is 52.0 Å². The zero-order valence-corrected chi connectivity index (χ0v) is 13.8. The summed E-state index contributed by atoms with van der Waals surface area (Å²) < 4.78 is 5.51. The van der Waals surface area contributed by atoms with Gasteiger partial charge in [-0.25, -0.2) is 0 Å². The lowest BCUT2D eigenvalue weighted by atomic mass is 9.72. The SMILES string of the molecule is COC(=O)C1(C(=C(C#N)C#N)c2cccc(Br)c2)CC=CC1=O. The number of carbonyl (C=O) groups excluding carboxylic acids is 2. The van der Waals surface area contributed by atoms with Gasteiger partial charge in [-0.3, -0.25) is 9.59 Å². The summed E-state index contributed by atoms with van der Waals surface area (Å²) in [6.07, 6.45) is 2.87. The van der Waals surface area contributed by atoms with Crippen molar-refractivity contribution in [2.24, 2.45) is 5.41 Å². The minimum absolute atomic E-state index is 0.0488. The van der Waals surface area contributed by atoms with Gasteiger partial charge in [-0.05, 0) is 30.2 Å². The molecule has 1 aromatic rings. The van der Waals surface area contributed by atoms with Crippen molar-refractivity contribution < 1.29 is 14.3 Å². The number of halogens is 1. The van der Waals surface area contributed by atoms with E-state index in [0.29, 0.717) is 10.0 Å². The van der Waals surface area contributed by atoms with Gasteiger partial charge in [-0.15, -0.1) is 0 Å². The van der Waals surface area contributed by atoms with Crippen LogP contribution in [0.2, 0.25) is 0 Å². The largest absolute Gasteiger partial charge is 0.468 e. The van der Waals surface area contributed by atoms with Crippen LogP contribution in [0.1, 0.15) is 12.0 Å². The van der Waals surface area contributed by atoms with Crippen LogP contribution in [-0.4, -0.2) is 18.9 Å². The Hall–Kier alpha value is -2.70. The topological polar surface area (TPSA) is 90.9 Å². The zero-order chi connectivity index (χ0) is 17.0. The molecule has 1 aliphatic carbocycles. The second kappa shape index (κ2) is 6.60. The Morgan fingerprint density at radius 1 is 1.35 bits per heavy atom. The summed E-state index contributed by atoms with van der Waals surface area (Å²) in [7, 11) is 1.17. The Labute approximate surface area is 141 Å². The van der Waals surface area contributed by atoms with Crippen molar-refractivity contribution >= 4 is 33.3 Å². The van der Waals surface area contributed by atoms with Crippen molar-refractivity contribution in [3.8, 4) is 12.1 Å². The second-order valence-corrected chi connectivity index (χ2v) is 5.77. The van der Waals surface area contributed by atoms with E-state index < -0.39 is 17.2 Å². The zero-order valence-electron chi connectivity index (χ0n) is 12.2. The average molecular weight is 371 g/mol. The molecule has 23 heavy (non-hydrogen) atoms. The molecule has 0 saturated carbocycles. The van der Waals surface area contributed by atoms with E-state index in [4.69, 9.17) is 4.74 Å². The smallest absolute Gasteiger partial charge is 0.324 e. The van der Waals surface area contributed by atoms with Crippen LogP contribution in [0.4, 0.5) is 0 Å². The van der Waals surface area contributed by atoms with Crippen LogP contribution in [0.15, 0.2) is 46.5 Å². The van der Waals surface area contributed by atoms with Gasteiger partial charge in [0.2, 0.25) is 0 Å². The molecule has 2 rings (SSSR count). The molecule has 0 amide bonds. The molecule has 0 N–H and O–H groups in total. The maximum Gasteiger partial charge on any atom is 0.324 e. The first-order chi connectivity index (χ1) is 11.0. The minimum Gasteiger partial charge on any atom is -0.468 e. The van der Waals surface area contributed by atoms with Gasteiger partial charge in [0.25, 0.3) is 0 Å². The number of esters is 1. The van der Waals surface area contributed by atoms with E-state index in [1.54, 1.807) is 42.5 Å². The molecular formula is C17H11BrN2O3. The molecule has 6 heteroatoms. The van der Waals surface area contributed by atoms with Crippen LogP contribution < -0.4 is 0 Å². The number of rotatable bonds is 3. The van der Waals surface area contributed by atoms with Crippen LogP contribution in [-0.2, 0) is 14.3 Å². The molecule has 0 aromatic heterocycles. The van der Waals surface area contributed by atoms with Gasteiger partial charge in [0, 0.05) is 10.0 Å². The average Bonchev–Trinajstić information content (AvgIpc) is 2.93. The number of nitrogens with zero attached hydrogens (tertiary/aromatic N) is 2. The van der Waals surface area contributed by atoms with Crippen molar-refractivity contribution in [3.63, 3.8) is 0 Å². The highest BCUT2D eigenvalue weighted by Crippen LogP contribution is 2.46. The number of benzene rings is 1. The molecule has 1 aromatic carbocycles. The summed E-state index contributed by atoms with van der Waals surface area (Å²) in [5.74, 6) is -1.28. The first kappa shape index (κ1) is 16.7. The number of methoxy groups -OCH3 is 1. The van der Waals surface area contributed by atoms with E-state index in [1.807, 2.05) is 0 Å². The molecule has 0 aliphatic heterocycles. The Bertz CT molecular complexity index is 811. The highest BCUT2D eigenvalue weighted by atomic mass is 79.9. The van der Waals surface area contributed by atoms with Gasteiger partial charge in [-0.1, -0.05) is 34.1 Å². The number of hydrogen-bond acceptors (Lipinski definition) is 5. The van der Waals surface area contributed by atoms with Crippen molar-refractivity contribution in [2.45, 2.75) is 6.42 Å². The lowest BCUT2D eigenvalue weighted by Crippen LogP contribution is -2.38. The Morgan fingerprint density at radius 3 is 2.52 bits per heavy atom. The van der Waals surface area contributed by atoms with Crippen LogP contribution in [0.5, 0.6) is 0 Å². The number of nitriles is 2. The van der Waals surface area contributed by atoms with Crippen molar-refractivity contribution in [1.29, 1.82) is 10.5 Å². The van der Waals surface area contributed by atoms with E-state index in [-0.39, 0.29) is 17.6 Å². The van der Waals surface area contributed by atoms with E-state index in [9.17, 15) is 20.1 Å². The van der Waals surface area contributed by atoms with Crippen LogP contribution >= 0.6 is 15.9 Å². The quantitative estimate of drug-likeness (QED) is 0.463. The fourth-order valence-corrected chi connectivity index (χ4v) is 3.06. The van der Waals surface area contributed by atoms with Gasteiger partial charge in [-0.2, -0.15) is 10.5 Å². The Balaban J connectivity index is 2.85. The number of ketones is 1. The molecule has 0 bridgehead atoms. The lowest BCUT2D eigenvalue weighted by molar-refractivity contribution is -0.151. The maximum absolute atomic E-state index is 12.5. The monoisotopic (exact) mass is 370 g/mol. The van der Waals surface area contributed by atoms with Crippen LogP contribution in [0, 0.1) is 28.1 Å². The Kier molecular flexibility index (Phi) is 4.78. The van der Waals surface area contributed by atoms with E-state index in [1.165, 1.54) is 13.2 Å². The van der Waals surface area contributed by atoms with Crippen LogP contribution in [0.25, 0.3) is 5.57 Å². The molecule has 1 unspecified atom stereocenters. The first-order valence-electron chi connectivity index (χ1n) is 6.61. The normalized spacial score (nSPS) is 18.9. The van der Waals surface area contributed by atoms with E-state index in [0.717, 1.165) is 0 Å². The second-order valence-electron chi connectivity index (χ2n) is 4.85. The molecule has 0 heterocycles. The van der Waals surface area contributed by atoms with E-state index >= 15 is 0 Å². The molecular weight excluding hydrogens is 360 g/mol. The summed E-state index contributed by atoms with van der Waals surface area (Å²) in [6, 6.07) is 10.3. The number of allylic oxidation sites excluding steroid dienone is 3. The molecule has 0 saturated heterocycles. The molecule has 1 aliphatic rings. The van der Waals surface area contributed by atoms with Crippen molar-refractivity contribution in [2.75, 3.05) is 7.11 Å². The summed E-state index contributed by atoms with van der Waals surface area (Å²) in [5, 5.41) is 18.6.